The summed E-state index contributed by atoms with van der Waals surface area (Å²) in [7, 11) is -20.7. The average molecular weight is 523 g/mol. The monoisotopic (exact) mass is 523 g/mol. The first kappa shape index (κ1) is 44.0. The molecule has 0 saturated heterocycles. The van der Waals surface area contributed by atoms with Crippen LogP contribution in [0.5, 0.6) is 0 Å². The molecule has 1 radical (unpaired) electrons. The van der Waals surface area contributed by atoms with E-state index >= 15 is 0 Å². The van der Waals surface area contributed by atoms with Crippen LogP contribution in [0.15, 0.2) is 0 Å². The van der Waals surface area contributed by atoms with Gasteiger partial charge < -0.3 is 36.4 Å². The molecule has 0 heterocycles. The van der Waals surface area contributed by atoms with Crippen molar-refractivity contribution in [3.63, 3.8) is 0 Å². The van der Waals surface area contributed by atoms with E-state index in [-0.39, 0.29) is 51.5 Å². The normalized spacial score (nSPS) is 10.1. The molecule has 23 heteroatoms. The smallest absolute Gasteiger partial charge is 0.759 e. The van der Waals surface area contributed by atoms with Gasteiger partial charge in [-0.25, -0.2) is 0 Å². The van der Waals surface area contributed by atoms with Gasteiger partial charge in [0.25, 0.3) is 0 Å². The predicted molar refractivity (Wildman–Crippen MR) is 47.7 cm³/mol. The van der Waals surface area contributed by atoms with E-state index in [2.05, 4.69) is 0 Å². The molecule has 0 aromatic rings. The summed E-state index contributed by atoms with van der Waals surface area (Å²) in [5.41, 5.74) is 0. The van der Waals surface area contributed by atoms with E-state index in [1.54, 1.807) is 0 Å². The van der Waals surface area contributed by atoms with E-state index < -0.39 is 41.6 Å². The molecule has 16 nitrogen and oxygen atoms in total. The Hall–Kier alpha value is 1.05. The van der Waals surface area contributed by atoms with Crippen LogP contribution in [0.3, 0.4) is 0 Å². The molecule has 0 N–H and O–H groups in total. The second kappa shape index (κ2) is 17.9. The fraction of sp³-hybridized carbons (Fsp3) is 0. The van der Waals surface area contributed by atoms with Crippen molar-refractivity contribution in [2.75, 3.05) is 0 Å². The molecule has 0 atom stereocenters. The van der Waals surface area contributed by atoms with Crippen LogP contribution in [-0.2, 0) is 75.7 Å². The van der Waals surface area contributed by atoms with Crippen molar-refractivity contribution >= 4 is 59.0 Å². The van der Waals surface area contributed by atoms with E-state index in [4.69, 9.17) is 70.1 Å². The Balaban J connectivity index is -0.0000000284. The van der Waals surface area contributed by atoms with Crippen molar-refractivity contribution in [2.24, 2.45) is 0 Å². The number of rotatable bonds is 0. The third-order valence-electron chi connectivity index (χ3n) is 0. The van der Waals surface area contributed by atoms with E-state index in [9.17, 15) is 0 Å². The van der Waals surface area contributed by atoms with Crippen molar-refractivity contribution in [3.05, 3.63) is 0 Å². The first-order chi connectivity index (χ1) is 8.00. The van der Waals surface area contributed by atoms with Crippen molar-refractivity contribution < 1.29 is 104 Å². The molecule has 0 amide bonds. The molecule has 0 aliphatic heterocycles. The van der Waals surface area contributed by atoms with Crippen molar-refractivity contribution in [2.45, 2.75) is 0 Å². The van der Waals surface area contributed by atoms with Crippen LogP contribution in [0.2, 0.25) is 0 Å². The Morgan fingerprint density at radius 1 is 0.391 bits per heavy atom. The second-order valence-corrected chi connectivity index (χ2v) is 4.90. The van der Waals surface area contributed by atoms with Crippen LogP contribution in [0.1, 0.15) is 0 Å². The van der Waals surface area contributed by atoms with Gasteiger partial charge in [0.1, 0.15) is 0 Å². The summed E-state index contributed by atoms with van der Waals surface area (Å²) < 4.78 is 136. The molecule has 0 spiro atoms. The second-order valence-electron chi connectivity index (χ2n) is 1.63. The zero-order chi connectivity index (χ0) is 18.0. The Morgan fingerprint density at radius 2 is 0.391 bits per heavy atom. The number of hydrogen-bond donors (Lipinski definition) is 0. The van der Waals surface area contributed by atoms with E-state index in [1.807, 2.05) is 0 Å². The largest absolute Gasteiger partial charge is 3.00 e. The third kappa shape index (κ3) is 9240. The van der Waals surface area contributed by atoms with Gasteiger partial charge in [-0.1, -0.05) is 0 Å². The molecule has 0 saturated carbocycles. The molecule has 0 aliphatic rings. The van der Waals surface area contributed by atoms with Gasteiger partial charge in [-0.05, 0) is 0 Å². The van der Waals surface area contributed by atoms with Gasteiger partial charge in [-0.15, -0.1) is 0 Å². The summed E-state index contributed by atoms with van der Waals surface area (Å²) >= 11 is 0. The van der Waals surface area contributed by atoms with E-state index in [1.165, 1.54) is 0 Å². The fourth-order valence-electron chi connectivity index (χ4n) is 0. The summed E-state index contributed by atoms with van der Waals surface area (Å²) in [6.07, 6.45) is 0. The Morgan fingerprint density at radius 3 is 0.391 bits per heavy atom. The first-order valence-electron chi connectivity index (χ1n) is 2.67. The maximum Gasteiger partial charge on any atom is 3.00 e. The summed E-state index contributed by atoms with van der Waals surface area (Å²) in [6.45, 7) is 0. The predicted octanol–water partition coefficient (Wildman–Crippen LogP) is -5.74. The minimum atomic E-state index is -5.17. The molecule has 0 fully saturated rings. The molecule has 23 heavy (non-hydrogen) atoms. The molecule has 0 unspecified atom stereocenters. The summed E-state index contributed by atoms with van der Waals surface area (Å²) in [5, 5.41) is 0. The van der Waals surface area contributed by atoms with Crippen LogP contribution in [0, 0.1) is 0 Å². The Kier molecular flexibility index (Phi) is 34.1. The minimum Gasteiger partial charge on any atom is -0.759 e. The molecule has 0 aromatic carbocycles. The quantitative estimate of drug-likeness (QED) is 0.162. The van der Waals surface area contributed by atoms with Gasteiger partial charge in [-0.3, -0.25) is 33.7 Å². The zero-order valence-corrected chi connectivity index (χ0v) is 16.1. The van der Waals surface area contributed by atoms with E-state index in [0.717, 1.165) is 0 Å². The first-order valence-corrected chi connectivity index (χ1v) is 8.00. The van der Waals surface area contributed by atoms with Crippen LogP contribution < -0.4 is 0 Å². The molecular formula is AlFe2O16S4. The molecule has 0 bridgehead atoms. The molecule has 0 aliphatic carbocycles. The molecule has 139 valence electrons. The van der Waals surface area contributed by atoms with Crippen molar-refractivity contribution in [1.29, 1.82) is 0 Å². The van der Waals surface area contributed by atoms with Gasteiger partial charge >= 0.3 is 51.5 Å². The molecule has 0 rings (SSSR count). The fourth-order valence-corrected chi connectivity index (χ4v) is 0. The SMILES string of the molecule is O=S(=O)([O-])[O-].O=S(=O)([O-])[O-].O=S(=O)([O-])[O-].O=S(=O)([O-])[O-].[Al+3].[Fe+2].[Fe+3]. The standard InChI is InChI=1S/Al.2Fe.4H2O4S/c;;;4*1-5(2,3)4/h;;;4*(H2,1,2,3,4)/q+3;+2;+3;;;;/p-8. The Bertz CT molecular complexity index is 483. The van der Waals surface area contributed by atoms with Gasteiger partial charge in [0, 0.05) is 41.6 Å². The summed E-state index contributed by atoms with van der Waals surface area (Å²) in [6, 6.07) is 0. The van der Waals surface area contributed by atoms with Gasteiger partial charge in [0.15, 0.2) is 0 Å². The Labute approximate surface area is 162 Å². The van der Waals surface area contributed by atoms with Crippen LogP contribution in [-0.4, -0.2) is 87.5 Å². The molecule has 0 aromatic heterocycles. The molecular weight excluding hydrogens is 523 g/mol. The summed E-state index contributed by atoms with van der Waals surface area (Å²) in [4.78, 5) is 0. The maximum atomic E-state index is 8.52. The van der Waals surface area contributed by atoms with Crippen molar-refractivity contribution in [3.8, 4) is 0 Å². The minimum absolute atomic E-state index is 0. The van der Waals surface area contributed by atoms with E-state index in [0.29, 0.717) is 0 Å². The van der Waals surface area contributed by atoms with Crippen LogP contribution in [0.4, 0.5) is 0 Å². The van der Waals surface area contributed by atoms with Crippen LogP contribution in [0.25, 0.3) is 0 Å². The number of hydrogen-bond acceptors (Lipinski definition) is 16. The maximum absolute atomic E-state index is 8.52. The third-order valence-corrected chi connectivity index (χ3v) is 0. The van der Waals surface area contributed by atoms with Gasteiger partial charge in [0.2, 0.25) is 0 Å². The average Bonchev–Trinajstić information content (AvgIpc) is 1.62. The zero-order valence-electron chi connectivity index (χ0n) is 9.45. The van der Waals surface area contributed by atoms with Gasteiger partial charge in [0.05, 0.1) is 0 Å². The van der Waals surface area contributed by atoms with Crippen molar-refractivity contribution in [1.82, 2.24) is 0 Å². The van der Waals surface area contributed by atoms with Gasteiger partial charge in [-0.2, -0.15) is 0 Å². The summed E-state index contributed by atoms with van der Waals surface area (Å²) in [5.74, 6) is 0. The topological polar surface area (TPSA) is 321 Å². The van der Waals surface area contributed by atoms with Crippen LogP contribution >= 0.6 is 0 Å².